The van der Waals surface area contributed by atoms with E-state index in [1.165, 1.54) is 6.42 Å². The van der Waals surface area contributed by atoms with Crippen LogP contribution < -0.4 is 10.1 Å². The number of hydrogen-bond donors (Lipinski definition) is 3. The van der Waals surface area contributed by atoms with Crippen LogP contribution >= 0.6 is 0 Å². The normalized spacial score (nSPS) is 21.5. The van der Waals surface area contributed by atoms with Gasteiger partial charge < -0.3 is 20.3 Å². The number of allylic oxidation sites excluding steroid dienone is 1. The second-order valence-corrected chi connectivity index (χ2v) is 6.12. The lowest BCUT2D eigenvalue weighted by Gasteiger charge is -2.26. The van der Waals surface area contributed by atoms with Crippen LogP contribution in [0.25, 0.3) is 0 Å². The van der Waals surface area contributed by atoms with Gasteiger partial charge in [-0.25, -0.2) is 0 Å². The predicted octanol–water partition coefficient (Wildman–Crippen LogP) is 2.77. The highest BCUT2D eigenvalue weighted by atomic mass is 16.5. The van der Waals surface area contributed by atoms with Gasteiger partial charge in [-0.2, -0.15) is 0 Å². The highest BCUT2D eigenvalue weighted by molar-refractivity contribution is 5.49. The van der Waals surface area contributed by atoms with Crippen molar-refractivity contribution in [2.24, 2.45) is 5.92 Å². The van der Waals surface area contributed by atoms with Crippen molar-refractivity contribution in [1.82, 2.24) is 5.32 Å². The Kier molecular flexibility index (Phi) is 6.28. The summed E-state index contributed by atoms with van der Waals surface area (Å²) in [4.78, 5) is 0. The van der Waals surface area contributed by atoms with Crippen molar-refractivity contribution >= 4 is 0 Å². The highest BCUT2D eigenvalue weighted by Gasteiger charge is 2.19. The molecule has 0 aliphatic heterocycles. The molecule has 0 heterocycles. The lowest BCUT2D eigenvalue weighted by Crippen LogP contribution is -2.28. The minimum atomic E-state index is -0.131. The van der Waals surface area contributed by atoms with Crippen molar-refractivity contribution in [2.45, 2.75) is 44.8 Å². The molecule has 3 N–H and O–H groups in total. The summed E-state index contributed by atoms with van der Waals surface area (Å²) in [5.41, 5.74) is 1.92. The fraction of sp³-hybridized carbons (Fsp3) is 0.556. The molecule has 0 spiro atoms. The van der Waals surface area contributed by atoms with Gasteiger partial charge in [0.25, 0.3) is 0 Å². The highest BCUT2D eigenvalue weighted by Crippen LogP contribution is 2.32. The molecule has 1 aliphatic rings. The Labute approximate surface area is 132 Å². The molecule has 0 aromatic heterocycles. The van der Waals surface area contributed by atoms with Crippen LogP contribution in [0.2, 0.25) is 0 Å². The van der Waals surface area contributed by atoms with E-state index in [-0.39, 0.29) is 11.9 Å². The second-order valence-electron chi connectivity index (χ2n) is 6.12. The van der Waals surface area contributed by atoms with E-state index in [9.17, 15) is 10.2 Å². The van der Waals surface area contributed by atoms with Gasteiger partial charge in [-0.1, -0.05) is 18.6 Å². The number of aromatic hydroxyl groups is 1. The van der Waals surface area contributed by atoms with E-state index < -0.39 is 0 Å². The average molecular weight is 305 g/mol. The Balaban J connectivity index is 1.94. The molecule has 4 heteroatoms. The number of methoxy groups -OCH3 is 1. The largest absolute Gasteiger partial charge is 0.504 e. The summed E-state index contributed by atoms with van der Waals surface area (Å²) >= 11 is 0. The van der Waals surface area contributed by atoms with E-state index >= 15 is 0 Å². The Bertz CT molecular complexity index is 501. The summed E-state index contributed by atoms with van der Waals surface area (Å²) in [7, 11) is 1.56. The first-order valence-corrected chi connectivity index (χ1v) is 8.02. The lowest BCUT2D eigenvalue weighted by atomic mass is 9.87. The summed E-state index contributed by atoms with van der Waals surface area (Å²) in [5.74, 6) is 1.25. The molecule has 2 unspecified atom stereocenters. The number of nitrogens with one attached hydrogen (secondary N) is 1. The fourth-order valence-electron chi connectivity index (χ4n) is 3.17. The number of rotatable bonds is 7. The maximum atomic E-state index is 10.1. The van der Waals surface area contributed by atoms with Gasteiger partial charge in [0.05, 0.1) is 13.2 Å². The molecule has 0 radical (unpaired) electrons. The van der Waals surface area contributed by atoms with Gasteiger partial charge in [-0.05, 0) is 49.8 Å². The zero-order valence-electron chi connectivity index (χ0n) is 13.3. The molecule has 1 aromatic rings. The van der Waals surface area contributed by atoms with Crippen LogP contribution in [0.3, 0.4) is 0 Å². The van der Waals surface area contributed by atoms with Gasteiger partial charge in [0, 0.05) is 12.1 Å². The van der Waals surface area contributed by atoms with Crippen LogP contribution in [0, 0.1) is 5.92 Å². The number of phenols is 1. The van der Waals surface area contributed by atoms with Gasteiger partial charge in [-0.15, -0.1) is 6.58 Å². The maximum Gasteiger partial charge on any atom is 0.161 e. The number of benzene rings is 1. The minimum Gasteiger partial charge on any atom is -0.504 e. The van der Waals surface area contributed by atoms with Crippen LogP contribution in [-0.2, 0) is 13.0 Å². The first-order valence-electron chi connectivity index (χ1n) is 8.02. The second kappa shape index (κ2) is 8.20. The molecule has 0 amide bonds. The first kappa shape index (κ1) is 16.8. The standard InChI is InChI=1S/C18H27NO3/c1-3-5-15-8-14(10-17(22-2)18(15)21)12-19-11-13-6-4-7-16(20)9-13/h3,8,10,13,16,19-21H,1,4-7,9,11-12H2,2H3. The van der Waals surface area contributed by atoms with Gasteiger partial charge >= 0.3 is 0 Å². The Hall–Kier alpha value is -1.52. The molecule has 4 nitrogen and oxygen atoms in total. The summed E-state index contributed by atoms with van der Waals surface area (Å²) < 4.78 is 5.24. The Morgan fingerprint density at radius 1 is 1.41 bits per heavy atom. The molecule has 0 bridgehead atoms. The van der Waals surface area contributed by atoms with E-state index in [0.717, 1.165) is 43.5 Å². The van der Waals surface area contributed by atoms with E-state index in [0.29, 0.717) is 18.1 Å². The van der Waals surface area contributed by atoms with E-state index in [2.05, 4.69) is 11.9 Å². The lowest BCUT2D eigenvalue weighted by molar-refractivity contribution is 0.101. The third kappa shape index (κ3) is 4.49. The van der Waals surface area contributed by atoms with E-state index in [4.69, 9.17) is 4.74 Å². The number of phenolic OH excluding ortho intramolecular Hbond substituents is 1. The molecule has 1 fully saturated rings. The first-order chi connectivity index (χ1) is 10.6. The maximum absolute atomic E-state index is 10.1. The molecular formula is C18H27NO3. The number of hydrogen-bond acceptors (Lipinski definition) is 4. The molecule has 2 atom stereocenters. The number of aliphatic hydroxyl groups excluding tert-OH is 1. The fourth-order valence-corrected chi connectivity index (χ4v) is 3.17. The van der Waals surface area contributed by atoms with Crippen LogP contribution in [0.4, 0.5) is 0 Å². The zero-order chi connectivity index (χ0) is 15.9. The predicted molar refractivity (Wildman–Crippen MR) is 88.2 cm³/mol. The molecule has 1 aromatic carbocycles. The summed E-state index contributed by atoms with van der Waals surface area (Å²) in [6, 6.07) is 3.85. The summed E-state index contributed by atoms with van der Waals surface area (Å²) in [5, 5.41) is 23.2. The molecule has 1 saturated carbocycles. The topological polar surface area (TPSA) is 61.7 Å². The molecular weight excluding hydrogens is 278 g/mol. The SMILES string of the molecule is C=CCc1cc(CNCC2CCCC(O)C2)cc(OC)c1O. The van der Waals surface area contributed by atoms with E-state index in [1.54, 1.807) is 13.2 Å². The van der Waals surface area contributed by atoms with Gasteiger partial charge in [0.1, 0.15) is 0 Å². The average Bonchev–Trinajstić information content (AvgIpc) is 2.50. The Morgan fingerprint density at radius 3 is 2.91 bits per heavy atom. The van der Waals surface area contributed by atoms with Crippen molar-refractivity contribution in [1.29, 1.82) is 0 Å². The smallest absolute Gasteiger partial charge is 0.161 e. The molecule has 1 aliphatic carbocycles. The quantitative estimate of drug-likeness (QED) is 0.678. The van der Waals surface area contributed by atoms with Crippen LogP contribution in [0.1, 0.15) is 36.8 Å². The number of ether oxygens (including phenoxy) is 1. The van der Waals surface area contributed by atoms with Gasteiger partial charge in [-0.3, -0.25) is 0 Å². The third-order valence-electron chi connectivity index (χ3n) is 4.32. The van der Waals surface area contributed by atoms with E-state index in [1.807, 2.05) is 12.1 Å². The molecule has 122 valence electrons. The Morgan fingerprint density at radius 2 is 2.23 bits per heavy atom. The molecule has 0 saturated heterocycles. The van der Waals surface area contributed by atoms with Crippen molar-refractivity contribution in [3.63, 3.8) is 0 Å². The third-order valence-corrected chi connectivity index (χ3v) is 4.32. The minimum absolute atomic E-state index is 0.131. The van der Waals surface area contributed by atoms with Crippen molar-refractivity contribution in [3.8, 4) is 11.5 Å². The number of aliphatic hydroxyl groups is 1. The molecule has 22 heavy (non-hydrogen) atoms. The van der Waals surface area contributed by atoms with Crippen LogP contribution in [-0.4, -0.2) is 30.0 Å². The van der Waals surface area contributed by atoms with Crippen LogP contribution in [0.5, 0.6) is 11.5 Å². The van der Waals surface area contributed by atoms with Gasteiger partial charge in [0.2, 0.25) is 0 Å². The summed E-state index contributed by atoms with van der Waals surface area (Å²) in [6.45, 7) is 5.36. The van der Waals surface area contributed by atoms with Gasteiger partial charge in [0.15, 0.2) is 11.5 Å². The van der Waals surface area contributed by atoms with Crippen molar-refractivity contribution in [3.05, 3.63) is 35.9 Å². The van der Waals surface area contributed by atoms with Crippen molar-refractivity contribution in [2.75, 3.05) is 13.7 Å². The molecule has 2 rings (SSSR count). The zero-order valence-corrected chi connectivity index (χ0v) is 13.3. The van der Waals surface area contributed by atoms with Crippen LogP contribution in [0.15, 0.2) is 24.8 Å². The summed E-state index contributed by atoms with van der Waals surface area (Å²) in [6.07, 6.45) is 6.40. The monoisotopic (exact) mass is 305 g/mol. The van der Waals surface area contributed by atoms with Crippen molar-refractivity contribution < 1.29 is 14.9 Å².